The maximum atomic E-state index is 11.8. The van der Waals surface area contributed by atoms with Crippen molar-refractivity contribution in [3.05, 3.63) is 0 Å². The Balaban J connectivity index is 2.23. The quantitative estimate of drug-likeness (QED) is 0.778. The van der Waals surface area contributed by atoms with Crippen LogP contribution in [0.4, 0.5) is 0 Å². The van der Waals surface area contributed by atoms with Gasteiger partial charge in [-0.1, -0.05) is 20.8 Å². The van der Waals surface area contributed by atoms with E-state index in [2.05, 4.69) is 31.0 Å². The first-order valence-electron chi connectivity index (χ1n) is 6.67. The van der Waals surface area contributed by atoms with Crippen molar-refractivity contribution in [2.75, 3.05) is 19.6 Å². The molecule has 1 saturated carbocycles. The molecule has 0 saturated heterocycles. The van der Waals surface area contributed by atoms with Crippen molar-refractivity contribution in [2.45, 2.75) is 52.5 Å². The number of amides is 1. The van der Waals surface area contributed by atoms with E-state index in [1.54, 1.807) is 0 Å². The summed E-state index contributed by atoms with van der Waals surface area (Å²) in [6.45, 7) is 8.95. The highest BCUT2D eigenvalue weighted by molar-refractivity contribution is 5.78. The molecular formula is C13H26N2O. The Morgan fingerprint density at radius 1 is 1.19 bits per heavy atom. The van der Waals surface area contributed by atoms with E-state index in [-0.39, 0.29) is 5.91 Å². The Morgan fingerprint density at radius 2 is 1.75 bits per heavy atom. The second kappa shape index (κ2) is 6.89. The molecule has 94 valence electrons. The minimum absolute atomic E-state index is 0.197. The van der Waals surface area contributed by atoms with E-state index < -0.39 is 0 Å². The maximum Gasteiger partial charge on any atom is 0.234 e. The van der Waals surface area contributed by atoms with Crippen LogP contribution in [0.1, 0.15) is 46.5 Å². The van der Waals surface area contributed by atoms with Gasteiger partial charge in [-0.15, -0.1) is 0 Å². The Morgan fingerprint density at radius 3 is 2.25 bits per heavy atom. The number of hydrogen-bond acceptors (Lipinski definition) is 2. The van der Waals surface area contributed by atoms with Crippen LogP contribution in [0.5, 0.6) is 0 Å². The molecule has 0 atom stereocenters. The second-order valence-corrected chi connectivity index (χ2v) is 4.99. The van der Waals surface area contributed by atoms with Gasteiger partial charge in [0.15, 0.2) is 0 Å². The summed E-state index contributed by atoms with van der Waals surface area (Å²) in [6, 6.07) is 0.430. The van der Waals surface area contributed by atoms with Crippen LogP contribution in [-0.2, 0) is 4.79 Å². The standard InChI is InChI=1S/C13H26N2O/c1-4-15(5-2)10-13(16)14-12-8-6-11(3)7-9-12/h11-12H,4-10H2,1-3H3,(H,14,16)/t11-,12-. The highest BCUT2D eigenvalue weighted by atomic mass is 16.2. The van der Waals surface area contributed by atoms with Gasteiger partial charge in [-0.2, -0.15) is 0 Å². The van der Waals surface area contributed by atoms with Crippen LogP contribution in [0, 0.1) is 5.92 Å². The number of hydrogen-bond donors (Lipinski definition) is 1. The molecule has 3 nitrogen and oxygen atoms in total. The topological polar surface area (TPSA) is 32.3 Å². The first-order valence-corrected chi connectivity index (χ1v) is 6.67. The van der Waals surface area contributed by atoms with Crippen LogP contribution in [0.15, 0.2) is 0 Å². The molecule has 0 aromatic heterocycles. The van der Waals surface area contributed by atoms with Gasteiger partial charge in [-0.25, -0.2) is 0 Å². The smallest absolute Gasteiger partial charge is 0.234 e. The van der Waals surface area contributed by atoms with Gasteiger partial charge in [0.2, 0.25) is 5.91 Å². The molecule has 1 aliphatic rings. The first-order chi connectivity index (χ1) is 7.65. The molecule has 0 spiro atoms. The summed E-state index contributed by atoms with van der Waals surface area (Å²) < 4.78 is 0. The maximum absolute atomic E-state index is 11.8. The predicted molar refractivity (Wildman–Crippen MR) is 67.4 cm³/mol. The van der Waals surface area contributed by atoms with Gasteiger partial charge in [0.25, 0.3) is 0 Å². The molecule has 0 radical (unpaired) electrons. The van der Waals surface area contributed by atoms with Crippen molar-refractivity contribution in [1.82, 2.24) is 10.2 Å². The van der Waals surface area contributed by atoms with Crippen LogP contribution in [0.2, 0.25) is 0 Å². The molecule has 0 heterocycles. The molecule has 0 aliphatic heterocycles. The monoisotopic (exact) mass is 226 g/mol. The van der Waals surface area contributed by atoms with Gasteiger partial charge < -0.3 is 5.32 Å². The highest BCUT2D eigenvalue weighted by Crippen LogP contribution is 2.23. The normalized spacial score (nSPS) is 25.8. The zero-order valence-electron chi connectivity index (χ0n) is 11.0. The SMILES string of the molecule is CCN(CC)CC(=O)N[C@H]1CC[C@H](C)CC1. The van der Waals surface area contributed by atoms with Gasteiger partial charge in [0.1, 0.15) is 0 Å². The summed E-state index contributed by atoms with van der Waals surface area (Å²) in [5.41, 5.74) is 0. The third-order valence-electron chi connectivity index (χ3n) is 3.64. The zero-order valence-corrected chi connectivity index (χ0v) is 11.0. The second-order valence-electron chi connectivity index (χ2n) is 4.99. The average molecular weight is 226 g/mol. The predicted octanol–water partition coefficient (Wildman–Crippen LogP) is 2.02. The summed E-state index contributed by atoms with van der Waals surface area (Å²) in [5, 5.41) is 3.16. The number of carbonyl (C=O) groups excluding carboxylic acids is 1. The largest absolute Gasteiger partial charge is 0.352 e. The summed E-state index contributed by atoms with van der Waals surface area (Å²) in [5.74, 6) is 1.04. The molecule has 1 N–H and O–H groups in total. The highest BCUT2D eigenvalue weighted by Gasteiger charge is 2.20. The molecule has 0 bridgehead atoms. The van der Waals surface area contributed by atoms with Crippen molar-refractivity contribution in [3.8, 4) is 0 Å². The molecule has 0 aromatic carbocycles. The summed E-state index contributed by atoms with van der Waals surface area (Å²) in [6.07, 6.45) is 4.84. The number of likely N-dealkylation sites (N-methyl/N-ethyl adjacent to an activating group) is 1. The van der Waals surface area contributed by atoms with Crippen LogP contribution >= 0.6 is 0 Å². The summed E-state index contributed by atoms with van der Waals surface area (Å²) >= 11 is 0. The van der Waals surface area contributed by atoms with Crippen molar-refractivity contribution < 1.29 is 4.79 Å². The zero-order chi connectivity index (χ0) is 12.0. The van der Waals surface area contributed by atoms with Crippen molar-refractivity contribution in [2.24, 2.45) is 5.92 Å². The van der Waals surface area contributed by atoms with Crippen LogP contribution < -0.4 is 5.32 Å². The van der Waals surface area contributed by atoms with E-state index in [9.17, 15) is 4.79 Å². The van der Waals surface area contributed by atoms with Crippen molar-refractivity contribution in [3.63, 3.8) is 0 Å². The lowest BCUT2D eigenvalue weighted by Crippen LogP contribution is -2.43. The fourth-order valence-corrected chi connectivity index (χ4v) is 2.33. The molecule has 0 aromatic rings. The Kier molecular flexibility index (Phi) is 5.81. The van der Waals surface area contributed by atoms with E-state index in [0.29, 0.717) is 12.6 Å². The first kappa shape index (κ1) is 13.5. The van der Waals surface area contributed by atoms with Gasteiger partial charge in [-0.05, 0) is 44.7 Å². The minimum Gasteiger partial charge on any atom is -0.352 e. The lowest BCUT2D eigenvalue weighted by Gasteiger charge is -2.28. The minimum atomic E-state index is 0.197. The summed E-state index contributed by atoms with van der Waals surface area (Å²) in [7, 11) is 0. The molecule has 1 amide bonds. The lowest BCUT2D eigenvalue weighted by molar-refractivity contribution is -0.123. The van der Waals surface area contributed by atoms with Gasteiger partial charge >= 0.3 is 0 Å². The van der Waals surface area contributed by atoms with Crippen LogP contribution in [0.3, 0.4) is 0 Å². The Hall–Kier alpha value is -0.570. The molecule has 0 unspecified atom stereocenters. The van der Waals surface area contributed by atoms with E-state index in [1.165, 1.54) is 12.8 Å². The van der Waals surface area contributed by atoms with E-state index in [4.69, 9.17) is 0 Å². The van der Waals surface area contributed by atoms with Crippen LogP contribution in [0.25, 0.3) is 0 Å². The number of nitrogens with one attached hydrogen (secondary N) is 1. The summed E-state index contributed by atoms with van der Waals surface area (Å²) in [4.78, 5) is 13.9. The third-order valence-corrected chi connectivity index (χ3v) is 3.64. The number of nitrogens with zero attached hydrogens (tertiary/aromatic N) is 1. The molecule has 1 rings (SSSR count). The van der Waals surface area contributed by atoms with Gasteiger partial charge in [-0.3, -0.25) is 9.69 Å². The fraction of sp³-hybridized carbons (Fsp3) is 0.923. The lowest BCUT2D eigenvalue weighted by atomic mass is 9.87. The van der Waals surface area contributed by atoms with Crippen molar-refractivity contribution >= 4 is 5.91 Å². The van der Waals surface area contributed by atoms with E-state index >= 15 is 0 Å². The molecule has 3 heteroatoms. The molecule has 1 fully saturated rings. The average Bonchev–Trinajstić information content (AvgIpc) is 2.29. The molecule has 16 heavy (non-hydrogen) atoms. The Labute approximate surface area is 99.6 Å². The fourth-order valence-electron chi connectivity index (χ4n) is 2.33. The van der Waals surface area contributed by atoms with E-state index in [0.717, 1.165) is 31.8 Å². The van der Waals surface area contributed by atoms with Crippen molar-refractivity contribution in [1.29, 1.82) is 0 Å². The Bertz CT molecular complexity index is 206. The molecule has 1 aliphatic carbocycles. The van der Waals surface area contributed by atoms with Gasteiger partial charge in [0, 0.05) is 6.04 Å². The van der Waals surface area contributed by atoms with E-state index in [1.807, 2.05) is 0 Å². The van der Waals surface area contributed by atoms with Crippen LogP contribution in [-0.4, -0.2) is 36.5 Å². The third kappa shape index (κ3) is 4.52. The van der Waals surface area contributed by atoms with Gasteiger partial charge in [0.05, 0.1) is 6.54 Å². The molecular weight excluding hydrogens is 200 g/mol. The number of rotatable bonds is 5. The number of carbonyl (C=O) groups is 1.